The lowest BCUT2D eigenvalue weighted by Gasteiger charge is -2.10. The first-order valence-electron chi connectivity index (χ1n) is 5.98. The minimum absolute atomic E-state index is 0.0581. The Morgan fingerprint density at radius 3 is 2.48 bits per heavy atom. The molecule has 0 saturated carbocycles. The van der Waals surface area contributed by atoms with E-state index in [1.165, 1.54) is 31.2 Å². The van der Waals surface area contributed by atoms with Crippen molar-refractivity contribution < 1.29 is 14.8 Å². The van der Waals surface area contributed by atoms with E-state index >= 15 is 0 Å². The van der Waals surface area contributed by atoms with Crippen molar-refractivity contribution in [3.8, 4) is 11.5 Å². The van der Waals surface area contributed by atoms with Gasteiger partial charge in [-0.3, -0.25) is 10.1 Å². The van der Waals surface area contributed by atoms with Crippen molar-refractivity contribution in [1.82, 2.24) is 0 Å². The number of halogens is 2. The standard InChI is InChI=1S/C14H11Cl2NO4/c1-8(18)9-2-5-14(13(6-9)17(19)20)21-10-3-4-11(15)12(16)7-10/h2-8,18H,1H3/t8-/m0/s1. The smallest absolute Gasteiger partial charge is 0.311 e. The average molecular weight is 328 g/mol. The summed E-state index contributed by atoms with van der Waals surface area (Å²) < 4.78 is 5.47. The van der Waals surface area contributed by atoms with Crippen molar-refractivity contribution >= 4 is 28.9 Å². The second-order valence-electron chi connectivity index (χ2n) is 4.34. The summed E-state index contributed by atoms with van der Waals surface area (Å²) in [6.07, 6.45) is -0.803. The molecule has 2 aromatic rings. The van der Waals surface area contributed by atoms with Crippen molar-refractivity contribution in [2.24, 2.45) is 0 Å². The molecule has 0 radical (unpaired) electrons. The van der Waals surface area contributed by atoms with E-state index in [1.807, 2.05) is 0 Å². The fourth-order valence-corrected chi connectivity index (χ4v) is 1.98. The molecule has 21 heavy (non-hydrogen) atoms. The van der Waals surface area contributed by atoms with Gasteiger partial charge < -0.3 is 9.84 Å². The highest BCUT2D eigenvalue weighted by Gasteiger charge is 2.18. The Kier molecular flexibility index (Phi) is 4.67. The van der Waals surface area contributed by atoms with Crippen LogP contribution in [-0.2, 0) is 0 Å². The Hall–Kier alpha value is -1.82. The lowest BCUT2D eigenvalue weighted by atomic mass is 10.1. The molecule has 0 aromatic heterocycles. The Morgan fingerprint density at radius 2 is 1.90 bits per heavy atom. The second-order valence-corrected chi connectivity index (χ2v) is 5.15. The minimum atomic E-state index is -0.803. The largest absolute Gasteiger partial charge is 0.450 e. The molecule has 1 N–H and O–H groups in total. The molecule has 0 spiro atoms. The number of ether oxygens (including phenoxy) is 1. The monoisotopic (exact) mass is 327 g/mol. The predicted molar refractivity (Wildman–Crippen MR) is 80.3 cm³/mol. The van der Waals surface area contributed by atoms with Crippen LogP contribution in [0.4, 0.5) is 5.69 Å². The molecule has 1 atom stereocenters. The summed E-state index contributed by atoms with van der Waals surface area (Å²) in [6, 6.07) is 8.83. The Morgan fingerprint density at radius 1 is 1.19 bits per heavy atom. The van der Waals surface area contributed by atoms with Crippen molar-refractivity contribution in [2.75, 3.05) is 0 Å². The number of nitrogens with zero attached hydrogens (tertiary/aromatic N) is 1. The van der Waals surface area contributed by atoms with Crippen LogP contribution in [0.15, 0.2) is 36.4 Å². The molecule has 0 aliphatic carbocycles. The van der Waals surface area contributed by atoms with Gasteiger partial charge in [0.1, 0.15) is 5.75 Å². The van der Waals surface area contributed by atoms with Crippen LogP contribution in [0.5, 0.6) is 11.5 Å². The summed E-state index contributed by atoms with van der Waals surface area (Å²) in [5.41, 5.74) is 0.197. The molecule has 0 amide bonds. The number of hydrogen-bond donors (Lipinski definition) is 1. The SMILES string of the molecule is C[C@H](O)c1ccc(Oc2ccc(Cl)c(Cl)c2)c([N+](=O)[O-])c1. The maximum atomic E-state index is 11.1. The molecule has 2 rings (SSSR count). The first kappa shape index (κ1) is 15.6. The molecule has 0 heterocycles. The van der Waals surface area contributed by atoms with E-state index in [2.05, 4.69) is 0 Å². The maximum absolute atomic E-state index is 11.1. The van der Waals surface area contributed by atoms with E-state index in [9.17, 15) is 15.2 Å². The fraction of sp³-hybridized carbons (Fsp3) is 0.143. The van der Waals surface area contributed by atoms with E-state index < -0.39 is 11.0 Å². The van der Waals surface area contributed by atoms with E-state index in [0.29, 0.717) is 16.3 Å². The lowest BCUT2D eigenvalue weighted by molar-refractivity contribution is -0.385. The number of aliphatic hydroxyl groups excluding tert-OH is 1. The van der Waals surface area contributed by atoms with Crippen LogP contribution in [-0.4, -0.2) is 10.0 Å². The van der Waals surface area contributed by atoms with Gasteiger partial charge in [-0.25, -0.2) is 0 Å². The topological polar surface area (TPSA) is 72.6 Å². The summed E-state index contributed by atoms with van der Waals surface area (Å²) in [7, 11) is 0. The van der Waals surface area contributed by atoms with Crippen LogP contribution in [0.2, 0.25) is 10.0 Å². The number of rotatable bonds is 4. The summed E-state index contributed by atoms with van der Waals surface area (Å²) >= 11 is 11.7. The molecule has 7 heteroatoms. The van der Waals surface area contributed by atoms with Crippen molar-refractivity contribution in [2.45, 2.75) is 13.0 Å². The van der Waals surface area contributed by atoms with Crippen LogP contribution < -0.4 is 4.74 Å². The first-order valence-corrected chi connectivity index (χ1v) is 6.73. The number of aliphatic hydroxyl groups is 1. The lowest BCUT2D eigenvalue weighted by Crippen LogP contribution is -1.97. The van der Waals surface area contributed by atoms with Gasteiger partial charge in [-0.15, -0.1) is 0 Å². The molecule has 0 saturated heterocycles. The van der Waals surface area contributed by atoms with Gasteiger partial charge in [0, 0.05) is 12.1 Å². The molecular weight excluding hydrogens is 317 g/mol. The highest BCUT2D eigenvalue weighted by molar-refractivity contribution is 6.42. The molecule has 0 aliphatic rings. The molecule has 0 aliphatic heterocycles. The number of nitro groups is 1. The fourth-order valence-electron chi connectivity index (χ4n) is 1.69. The van der Waals surface area contributed by atoms with E-state index in [4.69, 9.17) is 27.9 Å². The molecule has 110 valence electrons. The number of benzene rings is 2. The summed E-state index contributed by atoms with van der Waals surface area (Å²) in [6.45, 7) is 1.53. The van der Waals surface area contributed by atoms with Crippen LogP contribution >= 0.6 is 23.2 Å². The summed E-state index contributed by atoms with van der Waals surface area (Å²) in [5.74, 6) is 0.389. The normalized spacial score (nSPS) is 12.0. The minimum Gasteiger partial charge on any atom is -0.450 e. The average Bonchev–Trinajstić information content (AvgIpc) is 2.43. The van der Waals surface area contributed by atoms with Crippen LogP contribution in [0, 0.1) is 10.1 Å². The Bertz CT molecular complexity index is 689. The molecule has 5 nitrogen and oxygen atoms in total. The van der Waals surface area contributed by atoms with Crippen LogP contribution in [0.25, 0.3) is 0 Å². The molecular formula is C14H11Cl2NO4. The summed E-state index contributed by atoms with van der Waals surface area (Å²) in [4.78, 5) is 10.5. The van der Waals surface area contributed by atoms with Crippen molar-refractivity contribution in [3.05, 3.63) is 62.1 Å². The third-order valence-corrected chi connectivity index (χ3v) is 3.52. The van der Waals surface area contributed by atoms with Crippen LogP contribution in [0.1, 0.15) is 18.6 Å². The van der Waals surface area contributed by atoms with E-state index in [1.54, 1.807) is 12.1 Å². The summed E-state index contributed by atoms with van der Waals surface area (Å²) in [5, 5.41) is 21.2. The van der Waals surface area contributed by atoms with Gasteiger partial charge in [0.15, 0.2) is 0 Å². The van der Waals surface area contributed by atoms with Gasteiger partial charge in [-0.2, -0.15) is 0 Å². The molecule has 0 unspecified atom stereocenters. The highest BCUT2D eigenvalue weighted by atomic mass is 35.5. The molecule has 2 aromatic carbocycles. The predicted octanol–water partition coefficient (Wildman–Crippen LogP) is 4.75. The zero-order valence-electron chi connectivity index (χ0n) is 10.9. The van der Waals surface area contributed by atoms with Crippen molar-refractivity contribution in [3.63, 3.8) is 0 Å². The zero-order chi connectivity index (χ0) is 15.6. The van der Waals surface area contributed by atoms with Gasteiger partial charge >= 0.3 is 5.69 Å². The van der Waals surface area contributed by atoms with Gasteiger partial charge in [0.05, 0.1) is 21.1 Å². The van der Waals surface area contributed by atoms with Crippen LogP contribution in [0.3, 0.4) is 0 Å². The molecule has 0 fully saturated rings. The third kappa shape index (κ3) is 3.64. The Balaban J connectivity index is 2.39. The van der Waals surface area contributed by atoms with E-state index in [-0.39, 0.29) is 16.5 Å². The van der Waals surface area contributed by atoms with Gasteiger partial charge in [-0.05, 0) is 30.7 Å². The maximum Gasteiger partial charge on any atom is 0.311 e. The van der Waals surface area contributed by atoms with Gasteiger partial charge in [0.2, 0.25) is 5.75 Å². The van der Waals surface area contributed by atoms with Gasteiger partial charge in [-0.1, -0.05) is 29.3 Å². The highest BCUT2D eigenvalue weighted by Crippen LogP contribution is 2.35. The quantitative estimate of drug-likeness (QED) is 0.649. The van der Waals surface area contributed by atoms with Crippen molar-refractivity contribution in [1.29, 1.82) is 0 Å². The first-order chi connectivity index (χ1) is 9.88. The third-order valence-electron chi connectivity index (χ3n) is 2.78. The number of nitro benzene ring substituents is 1. The number of hydrogen-bond acceptors (Lipinski definition) is 4. The Labute approximate surface area is 130 Å². The van der Waals surface area contributed by atoms with Gasteiger partial charge in [0.25, 0.3) is 0 Å². The zero-order valence-corrected chi connectivity index (χ0v) is 12.4. The van der Waals surface area contributed by atoms with E-state index in [0.717, 1.165) is 0 Å². The molecule has 0 bridgehead atoms. The second kappa shape index (κ2) is 6.30.